The first-order chi connectivity index (χ1) is 6.59. The van der Waals surface area contributed by atoms with Gasteiger partial charge < -0.3 is 5.32 Å². The van der Waals surface area contributed by atoms with E-state index in [9.17, 15) is 4.39 Å². The Morgan fingerprint density at radius 2 is 2.29 bits per heavy atom. The molecule has 0 spiro atoms. The second-order valence-corrected chi connectivity index (χ2v) is 4.35. The Hall–Kier alpha value is -0.760. The van der Waals surface area contributed by atoms with E-state index in [1.807, 2.05) is 0 Å². The quantitative estimate of drug-likeness (QED) is 0.693. The van der Waals surface area contributed by atoms with E-state index in [1.165, 1.54) is 0 Å². The maximum atomic E-state index is 14.2. The summed E-state index contributed by atoms with van der Waals surface area (Å²) < 4.78 is 14.2. The second kappa shape index (κ2) is 3.43. The van der Waals surface area contributed by atoms with Gasteiger partial charge in [-0.1, -0.05) is 17.7 Å². The average Bonchev–Trinajstić information content (AvgIpc) is 2.25. The lowest BCUT2D eigenvalue weighted by molar-refractivity contribution is 0.178. The molecule has 0 bridgehead atoms. The van der Waals surface area contributed by atoms with Gasteiger partial charge in [-0.25, -0.2) is 4.39 Å². The molecule has 76 valence electrons. The molecule has 1 unspecified atom stereocenters. The monoisotopic (exact) mass is 213 g/mol. The van der Waals surface area contributed by atoms with Crippen molar-refractivity contribution in [1.82, 2.24) is 0 Å². The van der Waals surface area contributed by atoms with Gasteiger partial charge in [0.15, 0.2) is 0 Å². The van der Waals surface area contributed by atoms with Gasteiger partial charge in [-0.3, -0.25) is 0 Å². The summed E-state index contributed by atoms with van der Waals surface area (Å²) in [7, 11) is 0. The zero-order valence-electron chi connectivity index (χ0n) is 8.11. The number of rotatable bonds is 0. The summed E-state index contributed by atoms with van der Waals surface area (Å²) in [6.45, 7) is 2.44. The predicted molar refractivity (Wildman–Crippen MR) is 57.6 cm³/mol. The zero-order valence-corrected chi connectivity index (χ0v) is 8.87. The smallest absolute Gasteiger partial charge is 0.135 e. The highest BCUT2D eigenvalue weighted by molar-refractivity contribution is 6.30. The van der Waals surface area contributed by atoms with Gasteiger partial charge in [0.2, 0.25) is 0 Å². The van der Waals surface area contributed by atoms with Crippen LogP contribution in [-0.4, -0.2) is 6.54 Å². The third-order valence-corrected chi connectivity index (χ3v) is 2.92. The number of nitrogens with one attached hydrogen (secondary N) is 1. The molecule has 14 heavy (non-hydrogen) atoms. The van der Waals surface area contributed by atoms with Crippen LogP contribution in [0.25, 0.3) is 0 Å². The molecule has 1 nitrogen and oxygen atoms in total. The van der Waals surface area contributed by atoms with Crippen LogP contribution in [0.15, 0.2) is 18.2 Å². The molecule has 1 heterocycles. The Balaban J connectivity index is 2.50. The third kappa shape index (κ3) is 1.71. The molecule has 0 radical (unpaired) electrons. The number of halogens is 2. The molecule has 0 saturated heterocycles. The van der Waals surface area contributed by atoms with E-state index in [1.54, 1.807) is 25.1 Å². The van der Waals surface area contributed by atoms with Gasteiger partial charge in [-0.15, -0.1) is 0 Å². The van der Waals surface area contributed by atoms with Crippen molar-refractivity contribution in [2.75, 3.05) is 11.9 Å². The number of hydrogen-bond donors (Lipinski definition) is 1. The van der Waals surface area contributed by atoms with Crippen molar-refractivity contribution in [3.05, 3.63) is 28.8 Å². The van der Waals surface area contributed by atoms with Crippen molar-refractivity contribution >= 4 is 17.3 Å². The van der Waals surface area contributed by atoms with E-state index in [2.05, 4.69) is 5.32 Å². The zero-order chi connectivity index (χ0) is 10.2. The number of anilines is 1. The van der Waals surface area contributed by atoms with Crippen molar-refractivity contribution in [1.29, 1.82) is 0 Å². The molecule has 0 aliphatic carbocycles. The van der Waals surface area contributed by atoms with E-state index in [0.717, 1.165) is 24.2 Å². The third-order valence-electron chi connectivity index (χ3n) is 2.68. The molecular formula is C11H13ClFN. The highest BCUT2D eigenvalue weighted by Crippen LogP contribution is 2.38. The molecular weight excluding hydrogens is 201 g/mol. The van der Waals surface area contributed by atoms with Gasteiger partial charge in [0.1, 0.15) is 5.67 Å². The molecule has 3 heteroatoms. The number of alkyl halides is 1. The largest absolute Gasteiger partial charge is 0.385 e. The van der Waals surface area contributed by atoms with Crippen LogP contribution < -0.4 is 5.32 Å². The van der Waals surface area contributed by atoms with Gasteiger partial charge >= 0.3 is 0 Å². The summed E-state index contributed by atoms with van der Waals surface area (Å²) in [5.41, 5.74) is 0.322. The first-order valence-corrected chi connectivity index (χ1v) is 5.20. The highest BCUT2D eigenvalue weighted by atomic mass is 35.5. The van der Waals surface area contributed by atoms with E-state index >= 15 is 0 Å². The van der Waals surface area contributed by atoms with Gasteiger partial charge in [-0.05, 0) is 31.9 Å². The van der Waals surface area contributed by atoms with Crippen LogP contribution in [0.2, 0.25) is 5.02 Å². The van der Waals surface area contributed by atoms with Crippen LogP contribution in [0.3, 0.4) is 0 Å². The van der Waals surface area contributed by atoms with Crippen molar-refractivity contribution in [2.24, 2.45) is 0 Å². The number of hydrogen-bond acceptors (Lipinski definition) is 1. The lowest BCUT2D eigenvalue weighted by Gasteiger charge is -2.20. The Bertz CT molecular complexity index is 349. The average molecular weight is 214 g/mol. The van der Waals surface area contributed by atoms with Crippen LogP contribution >= 0.6 is 11.6 Å². The normalized spacial score (nSPS) is 26.2. The molecule has 2 rings (SSSR count). The Labute approximate surface area is 88.3 Å². The summed E-state index contributed by atoms with van der Waals surface area (Å²) in [5.74, 6) is 0. The SMILES string of the molecule is CC1(F)CCCNc2cc(Cl)ccc21. The molecule has 1 aromatic carbocycles. The molecule has 1 atom stereocenters. The summed E-state index contributed by atoms with van der Waals surface area (Å²) in [4.78, 5) is 0. The summed E-state index contributed by atoms with van der Waals surface area (Å²) >= 11 is 5.86. The molecule has 0 amide bonds. The maximum Gasteiger partial charge on any atom is 0.135 e. The van der Waals surface area contributed by atoms with Crippen molar-refractivity contribution in [3.63, 3.8) is 0 Å². The molecule has 0 aromatic heterocycles. The minimum Gasteiger partial charge on any atom is -0.385 e. The van der Waals surface area contributed by atoms with Gasteiger partial charge in [0.05, 0.1) is 0 Å². The first-order valence-electron chi connectivity index (χ1n) is 4.82. The highest BCUT2D eigenvalue weighted by Gasteiger charge is 2.30. The summed E-state index contributed by atoms with van der Waals surface area (Å²) in [5, 5.41) is 3.84. The van der Waals surface area contributed by atoms with Gasteiger partial charge in [0, 0.05) is 22.8 Å². The van der Waals surface area contributed by atoms with Crippen LogP contribution in [0.1, 0.15) is 25.3 Å². The fraction of sp³-hybridized carbons (Fsp3) is 0.455. The minimum atomic E-state index is -1.23. The van der Waals surface area contributed by atoms with Crippen LogP contribution in [0.4, 0.5) is 10.1 Å². The van der Waals surface area contributed by atoms with Crippen molar-refractivity contribution in [2.45, 2.75) is 25.4 Å². The standard InChI is InChI=1S/C11H13ClFN/c1-11(13)5-2-6-14-10-7-8(12)3-4-9(10)11/h3-4,7,14H,2,5-6H2,1H3. The van der Waals surface area contributed by atoms with E-state index in [-0.39, 0.29) is 0 Å². The Morgan fingerprint density at radius 1 is 1.50 bits per heavy atom. The van der Waals surface area contributed by atoms with Gasteiger partial charge in [0.25, 0.3) is 0 Å². The van der Waals surface area contributed by atoms with Crippen LogP contribution in [-0.2, 0) is 5.67 Å². The Kier molecular flexibility index (Phi) is 2.40. The fourth-order valence-corrected chi connectivity index (χ4v) is 2.07. The topological polar surface area (TPSA) is 12.0 Å². The van der Waals surface area contributed by atoms with Crippen molar-refractivity contribution in [3.8, 4) is 0 Å². The lowest BCUT2D eigenvalue weighted by atomic mass is 9.93. The van der Waals surface area contributed by atoms with E-state index in [4.69, 9.17) is 11.6 Å². The Morgan fingerprint density at radius 3 is 3.07 bits per heavy atom. The molecule has 1 N–H and O–H groups in total. The minimum absolute atomic E-state index is 0.564. The second-order valence-electron chi connectivity index (χ2n) is 3.92. The first kappa shape index (κ1) is 9.78. The van der Waals surface area contributed by atoms with Gasteiger partial charge in [-0.2, -0.15) is 0 Å². The predicted octanol–water partition coefficient (Wildman–Crippen LogP) is 3.73. The molecule has 1 aliphatic heterocycles. The van der Waals surface area contributed by atoms with E-state index < -0.39 is 5.67 Å². The molecule has 1 aliphatic rings. The van der Waals surface area contributed by atoms with E-state index in [0.29, 0.717) is 11.4 Å². The molecule has 0 saturated carbocycles. The number of fused-ring (bicyclic) bond motifs is 1. The number of benzene rings is 1. The van der Waals surface area contributed by atoms with Crippen LogP contribution in [0.5, 0.6) is 0 Å². The lowest BCUT2D eigenvalue weighted by Crippen LogP contribution is -2.14. The maximum absolute atomic E-state index is 14.2. The summed E-state index contributed by atoms with van der Waals surface area (Å²) in [6.07, 6.45) is 1.41. The molecule has 1 aromatic rings. The molecule has 0 fully saturated rings. The summed E-state index contributed by atoms with van der Waals surface area (Å²) in [6, 6.07) is 5.31. The fourth-order valence-electron chi connectivity index (χ4n) is 1.90. The van der Waals surface area contributed by atoms with Crippen molar-refractivity contribution < 1.29 is 4.39 Å². The van der Waals surface area contributed by atoms with Crippen LogP contribution in [0, 0.1) is 0 Å².